The molecule has 1 aromatic rings. The van der Waals surface area contributed by atoms with E-state index in [1.54, 1.807) is 19.2 Å². The van der Waals surface area contributed by atoms with Gasteiger partial charge in [0.15, 0.2) is 0 Å². The minimum Gasteiger partial charge on any atom is -0.497 e. The molecule has 0 bridgehead atoms. The molecule has 5 heteroatoms. The Morgan fingerprint density at radius 1 is 1.08 bits per heavy atom. The Labute approximate surface area is 144 Å². The van der Waals surface area contributed by atoms with Gasteiger partial charge in [-0.25, -0.2) is 0 Å². The second-order valence-corrected chi connectivity index (χ2v) is 7.50. The van der Waals surface area contributed by atoms with Crippen LogP contribution in [0.1, 0.15) is 44.0 Å². The van der Waals surface area contributed by atoms with Crippen LogP contribution in [0.4, 0.5) is 0 Å². The summed E-state index contributed by atoms with van der Waals surface area (Å²) in [4.78, 5) is 28.8. The molecule has 1 fully saturated rings. The van der Waals surface area contributed by atoms with E-state index in [-0.39, 0.29) is 17.2 Å². The van der Waals surface area contributed by atoms with Crippen LogP contribution >= 0.6 is 0 Å². The fraction of sp³-hybridized carbons (Fsp3) is 0.579. The van der Waals surface area contributed by atoms with Crippen LogP contribution in [0.15, 0.2) is 24.3 Å². The molecule has 1 heterocycles. The van der Waals surface area contributed by atoms with Gasteiger partial charge in [-0.15, -0.1) is 0 Å². The summed E-state index contributed by atoms with van der Waals surface area (Å²) < 4.78 is 5.19. The predicted molar refractivity (Wildman–Crippen MR) is 94.2 cm³/mol. The second-order valence-electron chi connectivity index (χ2n) is 7.50. The van der Waals surface area contributed by atoms with Gasteiger partial charge in [0.1, 0.15) is 5.75 Å². The zero-order valence-corrected chi connectivity index (χ0v) is 15.2. The van der Waals surface area contributed by atoms with Crippen molar-refractivity contribution in [2.24, 2.45) is 5.41 Å². The van der Waals surface area contributed by atoms with Gasteiger partial charge >= 0.3 is 0 Å². The van der Waals surface area contributed by atoms with Gasteiger partial charge in [-0.1, -0.05) is 26.8 Å². The lowest BCUT2D eigenvalue weighted by molar-refractivity contribution is -0.132. The van der Waals surface area contributed by atoms with Crippen molar-refractivity contribution in [3.63, 3.8) is 0 Å². The first-order chi connectivity index (χ1) is 11.3. The molecule has 0 N–H and O–H groups in total. The molecule has 2 rings (SSSR count). The minimum absolute atomic E-state index is 0.000907. The van der Waals surface area contributed by atoms with Crippen LogP contribution in [0.5, 0.6) is 5.75 Å². The summed E-state index contributed by atoms with van der Waals surface area (Å²) in [6.07, 6.45) is 1.35. The van der Waals surface area contributed by atoms with Crippen LogP contribution in [-0.4, -0.2) is 54.9 Å². The van der Waals surface area contributed by atoms with Crippen molar-refractivity contribution in [1.82, 2.24) is 9.80 Å². The Hall–Kier alpha value is -2.04. The lowest BCUT2D eigenvalue weighted by Crippen LogP contribution is -2.38. The summed E-state index contributed by atoms with van der Waals surface area (Å²) in [6.45, 7) is 8.78. The highest BCUT2D eigenvalue weighted by Crippen LogP contribution is 2.21. The van der Waals surface area contributed by atoms with E-state index < -0.39 is 0 Å². The normalized spacial score (nSPS) is 15.8. The lowest BCUT2D eigenvalue weighted by atomic mass is 9.91. The van der Waals surface area contributed by atoms with Crippen molar-refractivity contribution in [2.45, 2.75) is 33.6 Å². The molecule has 0 aliphatic carbocycles. The second kappa shape index (κ2) is 7.69. The quantitative estimate of drug-likeness (QED) is 0.855. The molecule has 0 aromatic heterocycles. The van der Waals surface area contributed by atoms with Crippen LogP contribution < -0.4 is 4.74 Å². The molecule has 0 unspecified atom stereocenters. The fourth-order valence-corrected chi connectivity index (χ4v) is 2.87. The Morgan fingerprint density at radius 3 is 2.42 bits per heavy atom. The summed E-state index contributed by atoms with van der Waals surface area (Å²) in [6, 6.07) is 7.21. The molecule has 2 amide bonds. The molecule has 0 spiro atoms. The minimum atomic E-state index is -0.0144. The number of ether oxygens (including phenoxy) is 1. The van der Waals surface area contributed by atoms with E-state index in [1.807, 2.05) is 21.9 Å². The number of hydrogen-bond donors (Lipinski definition) is 0. The number of benzene rings is 1. The largest absolute Gasteiger partial charge is 0.497 e. The van der Waals surface area contributed by atoms with Crippen molar-refractivity contribution < 1.29 is 14.3 Å². The Bertz CT molecular complexity index is 593. The van der Waals surface area contributed by atoms with Crippen LogP contribution in [0.2, 0.25) is 0 Å². The first-order valence-electron chi connectivity index (χ1n) is 8.51. The van der Waals surface area contributed by atoms with E-state index in [0.29, 0.717) is 37.4 Å². The van der Waals surface area contributed by atoms with E-state index in [9.17, 15) is 9.59 Å². The summed E-state index contributed by atoms with van der Waals surface area (Å²) >= 11 is 0. The van der Waals surface area contributed by atoms with Crippen molar-refractivity contribution in [3.8, 4) is 5.75 Å². The smallest absolute Gasteiger partial charge is 0.254 e. The number of methoxy groups -OCH3 is 1. The molecule has 5 nitrogen and oxygen atoms in total. The molecule has 1 aromatic carbocycles. The molecular weight excluding hydrogens is 304 g/mol. The van der Waals surface area contributed by atoms with Gasteiger partial charge in [0.05, 0.1) is 7.11 Å². The fourth-order valence-electron chi connectivity index (χ4n) is 2.87. The molecule has 132 valence electrons. The van der Waals surface area contributed by atoms with E-state index in [4.69, 9.17) is 4.74 Å². The zero-order chi connectivity index (χ0) is 17.7. The van der Waals surface area contributed by atoms with E-state index in [2.05, 4.69) is 20.8 Å². The maximum Gasteiger partial charge on any atom is 0.254 e. The SMILES string of the molecule is COc1cccc(C(=O)N2CCCN(C(=O)CC(C)(C)C)CC2)c1. The molecule has 0 saturated carbocycles. The van der Waals surface area contributed by atoms with E-state index in [0.717, 1.165) is 13.0 Å². The third-order valence-corrected chi connectivity index (χ3v) is 4.13. The number of carbonyl (C=O) groups is 2. The number of rotatable bonds is 3. The summed E-state index contributed by atoms with van der Waals surface area (Å²) in [5, 5.41) is 0. The molecule has 0 radical (unpaired) electrons. The molecule has 1 aliphatic heterocycles. The first-order valence-corrected chi connectivity index (χ1v) is 8.51. The average Bonchev–Trinajstić information content (AvgIpc) is 2.78. The molecule has 0 atom stereocenters. The van der Waals surface area contributed by atoms with Gasteiger partial charge in [0.2, 0.25) is 5.91 Å². The van der Waals surface area contributed by atoms with Gasteiger partial charge in [-0.3, -0.25) is 9.59 Å². The maximum atomic E-state index is 12.7. The Balaban J connectivity index is 1.99. The summed E-state index contributed by atoms with van der Waals surface area (Å²) in [5.41, 5.74) is 0.614. The zero-order valence-electron chi connectivity index (χ0n) is 15.2. The average molecular weight is 332 g/mol. The van der Waals surface area contributed by atoms with Gasteiger partial charge in [-0.2, -0.15) is 0 Å². The van der Waals surface area contributed by atoms with E-state index >= 15 is 0 Å². The van der Waals surface area contributed by atoms with Crippen LogP contribution in [-0.2, 0) is 4.79 Å². The number of amides is 2. The van der Waals surface area contributed by atoms with E-state index in [1.165, 1.54) is 0 Å². The monoisotopic (exact) mass is 332 g/mol. The van der Waals surface area contributed by atoms with Crippen molar-refractivity contribution in [1.29, 1.82) is 0 Å². The molecule has 1 aliphatic rings. The summed E-state index contributed by atoms with van der Waals surface area (Å²) in [7, 11) is 1.59. The van der Waals surface area contributed by atoms with Gasteiger partial charge in [0, 0.05) is 38.2 Å². The Morgan fingerprint density at radius 2 is 1.75 bits per heavy atom. The number of nitrogens with zero attached hydrogens (tertiary/aromatic N) is 2. The lowest BCUT2D eigenvalue weighted by Gasteiger charge is -2.25. The van der Waals surface area contributed by atoms with Gasteiger partial charge < -0.3 is 14.5 Å². The van der Waals surface area contributed by atoms with Crippen LogP contribution in [0, 0.1) is 5.41 Å². The highest BCUT2D eigenvalue weighted by Gasteiger charge is 2.25. The topological polar surface area (TPSA) is 49.9 Å². The third kappa shape index (κ3) is 4.98. The van der Waals surface area contributed by atoms with Crippen molar-refractivity contribution in [2.75, 3.05) is 33.3 Å². The molecule has 1 saturated heterocycles. The third-order valence-electron chi connectivity index (χ3n) is 4.13. The van der Waals surface area contributed by atoms with Gasteiger partial charge in [-0.05, 0) is 30.0 Å². The van der Waals surface area contributed by atoms with Crippen molar-refractivity contribution >= 4 is 11.8 Å². The first kappa shape index (κ1) is 18.3. The highest BCUT2D eigenvalue weighted by atomic mass is 16.5. The Kier molecular flexibility index (Phi) is 5.86. The highest BCUT2D eigenvalue weighted by molar-refractivity contribution is 5.94. The predicted octanol–water partition coefficient (Wildman–Crippen LogP) is 2.81. The van der Waals surface area contributed by atoms with Crippen LogP contribution in [0.25, 0.3) is 0 Å². The molecule has 24 heavy (non-hydrogen) atoms. The molecular formula is C19H28N2O3. The number of hydrogen-bond acceptors (Lipinski definition) is 3. The van der Waals surface area contributed by atoms with Gasteiger partial charge in [0.25, 0.3) is 5.91 Å². The standard InChI is InChI=1S/C19H28N2O3/c1-19(2,3)14-17(22)20-9-6-10-21(12-11-20)18(23)15-7-5-8-16(13-15)24-4/h5,7-8,13H,6,9-12,14H2,1-4H3. The van der Waals surface area contributed by atoms with Crippen molar-refractivity contribution in [3.05, 3.63) is 29.8 Å². The van der Waals surface area contributed by atoms with Crippen LogP contribution in [0.3, 0.4) is 0 Å². The number of carbonyl (C=O) groups excluding carboxylic acids is 2. The maximum absolute atomic E-state index is 12.7. The summed E-state index contributed by atoms with van der Waals surface area (Å²) in [5.74, 6) is 0.856.